The maximum absolute atomic E-state index is 4.54. The molecule has 0 radical (unpaired) electrons. The van der Waals surface area contributed by atoms with Crippen LogP contribution in [0.1, 0.15) is 44.5 Å². The Balaban J connectivity index is 2.77. The van der Waals surface area contributed by atoms with Crippen LogP contribution in [0.25, 0.3) is 0 Å². The van der Waals surface area contributed by atoms with Gasteiger partial charge in [0.25, 0.3) is 0 Å². The van der Waals surface area contributed by atoms with Gasteiger partial charge in [-0.3, -0.25) is 4.68 Å². The molecule has 0 aliphatic carbocycles. The predicted octanol–water partition coefficient (Wildman–Crippen LogP) is 3.29. The first kappa shape index (κ1) is 14.7. The minimum absolute atomic E-state index is 0.549. The molecule has 1 aromatic heterocycles. The van der Waals surface area contributed by atoms with Crippen molar-refractivity contribution in [3.63, 3.8) is 0 Å². The lowest BCUT2D eigenvalue weighted by Crippen LogP contribution is -2.28. The maximum atomic E-state index is 4.54. The van der Waals surface area contributed by atoms with E-state index < -0.39 is 0 Å². The molecule has 1 aromatic rings. The molecule has 4 heteroatoms. The zero-order valence-corrected chi connectivity index (χ0v) is 13.0. The molecule has 0 aliphatic rings. The Kier molecular flexibility index (Phi) is 6.20. The van der Waals surface area contributed by atoms with Crippen LogP contribution < -0.4 is 5.32 Å². The third-order valence-electron chi connectivity index (χ3n) is 3.21. The van der Waals surface area contributed by atoms with Crippen LogP contribution >= 0.6 is 15.9 Å². The molecule has 0 aromatic carbocycles. The van der Waals surface area contributed by atoms with Crippen molar-refractivity contribution in [3.8, 4) is 0 Å². The first-order chi connectivity index (χ1) is 8.13. The first-order valence-corrected chi connectivity index (χ1v) is 7.32. The topological polar surface area (TPSA) is 29.9 Å². The number of unbranched alkanes of at least 4 members (excludes halogenated alkanes) is 1. The molecule has 1 atom stereocenters. The Morgan fingerprint density at radius 1 is 1.41 bits per heavy atom. The van der Waals surface area contributed by atoms with Gasteiger partial charge in [0.15, 0.2) is 0 Å². The van der Waals surface area contributed by atoms with Gasteiger partial charge in [-0.05, 0) is 43.2 Å². The molecule has 0 bridgehead atoms. The summed E-state index contributed by atoms with van der Waals surface area (Å²) >= 11 is 3.66. The van der Waals surface area contributed by atoms with Gasteiger partial charge >= 0.3 is 0 Å². The summed E-state index contributed by atoms with van der Waals surface area (Å²) in [6.45, 7) is 7.37. The summed E-state index contributed by atoms with van der Waals surface area (Å²) in [5, 5.41) is 7.95. The van der Waals surface area contributed by atoms with Gasteiger partial charge in [0.1, 0.15) is 0 Å². The van der Waals surface area contributed by atoms with Crippen LogP contribution in [-0.2, 0) is 13.0 Å². The van der Waals surface area contributed by atoms with Crippen molar-refractivity contribution in [2.45, 2.75) is 59.0 Å². The minimum atomic E-state index is 0.549. The van der Waals surface area contributed by atoms with Crippen LogP contribution in [-0.4, -0.2) is 22.9 Å². The highest BCUT2D eigenvalue weighted by molar-refractivity contribution is 9.10. The predicted molar refractivity (Wildman–Crippen MR) is 76.4 cm³/mol. The van der Waals surface area contributed by atoms with E-state index in [2.05, 4.69) is 51.8 Å². The third kappa shape index (κ3) is 3.81. The number of aryl methyl sites for hydroxylation is 2. The number of hydrogen-bond acceptors (Lipinski definition) is 2. The van der Waals surface area contributed by atoms with E-state index in [1.54, 1.807) is 0 Å². The van der Waals surface area contributed by atoms with E-state index in [0.717, 1.165) is 18.7 Å². The van der Waals surface area contributed by atoms with Crippen LogP contribution in [0, 0.1) is 6.92 Å². The Morgan fingerprint density at radius 3 is 2.65 bits per heavy atom. The van der Waals surface area contributed by atoms with Crippen molar-refractivity contribution in [2.75, 3.05) is 7.05 Å². The number of nitrogens with zero attached hydrogens (tertiary/aromatic N) is 2. The molecule has 0 saturated carbocycles. The van der Waals surface area contributed by atoms with Gasteiger partial charge in [-0.1, -0.05) is 19.8 Å². The molecule has 0 fully saturated rings. The van der Waals surface area contributed by atoms with Crippen molar-refractivity contribution in [3.05, 3.63) is 15.9 Å². The van der Waals surface area contributed by atoms with E-state index in [-0.39, 0.29) is 0 Å². The van der Waals surface area contributed by atoms with Gasteiger partial charge in [0, 0.05) is 19.0 Å². The average Bonchev–Trinajstić information content (AvgIpc) is 2.61. The number of aromatic nitrogens is 2. The number of nitrogens with one attached hydrogen (secondary N) is 1. The van der Waals surface area contributed by atoms with Crippen molar-refractivity contribution < 1.29 is 0 Å². The normalized spacial score (nSPS) is 13.0. The van der Waals surface area contributed by atoms with Crippen LogP contribution in [0.15, 0.2) is 4.47 Å². The second-order valence-electron chi connectivity index (χ2n) is 4.49. The molecular formula is C13H24BrN3. The molecule has 0 spiro atoms. The molecule has 3 nitrogen and oxygen atoms in total. The lowest BCUT2D eigenvalue weighted by atomic mass is 10.0. The highest BCUT2D eigenvalue weighted by Crippen LogP contribution is 2.23. The maximum Gasteiger partial charge on any atom is 0.0738 e. The van der Waals surface area contributed by atoms with E-state index >= 15 is 0 Å². The zero-order chi connectivity index (χ0) is 12.8. The fourth-order valence-electron chi connectivity index (χ4n) is 2.10. The summed E-state index contributed by atoms with van der Waals surface area (Å²) in [5.41, 5.74) is 2.41. The molecular weight excluding hydrogens is 278 g/mol. The fourth-order valence-corrected chi connectivity index (χ4v) is 2.54. The first-order valence-electron chi connectivity index (χ1n) is 6.53. The summed E-state index contributed by atoms with van der Waals surface area (Å²) in [7, 11) is 2.05. The van der Waals surface area contributed by atoms with Crippen LogP contribution in [0.2, 0.25) is 0 Å². The Labute approximate surface area is 113 Å². The van der Waals surface area contributed by atoms with E-state index in [1.807, 2.05) is 7.05 Å². The van der Waals surface area contributed by atoms with E-state index in [4.69, 9.17) is 0 Å². The molecule has 1 rings (SSSR count). The van der Waals surface area contributed by atoms with Crippen molar-refractivity contribution >= 4 is 15.9 Å². The average molecular weight is 302 g/mol. The molecule has 17 heavy (non-hydrogen) atoms. The van der Waals surface area contributed by atoms with Crippen LogP contribution in [0.3, 0.4) is 0 Å². The minimum Gasteiger partial charge on any atom is -0.317 e. The number of halogens is 1. The standard InChI is InChI=1S/C13H24BrN3/c1-5-7-8-11(15-4)9-12-13(14)10(3)16-17(12)6-2/h11,15H,5-9H2,1-4H3. The second kappa shape index (κ2) is 7.17. The number of hydrogen-bond donors (Lipinski definition) is 1. The van der Waals surface area contributed by atoms with E-state index in [9.17, 15) is 0 Å². The highest BCUT2D eigenvalue weighted by atomic mass is 79.9. The van der Waals surface area contributed by atoms with Gasteiger partial charge in [-0.25, -0.2) is 0 Å². The van der Waals surface area contributed by atoms with Crippen molar-refractivity contribution in [2.24, 2.45) is 0 Å². The fraction of sp³-hybridized carbons (Fsp3) is 0.769. The lowest BCUT2D eigenvalue weighted by Gasteiger charge is -2.16. The second-order valence-corrected chi connectivity index (χ2v) is 5.29. The van der Waals surface area contributed by atoms with Crippen molar-refractivity contribution in [1.29, 1.82) is 0 Å². The molecule has 0 amide bonds. The van der Waals surface area contributed by atoms with Gasteiger partial charge in [-0.15, -0.1) is 0 Å². The Bertz CT molecular complexity index is 347. The Hall–Kier alpha value is -0.350. The molecule has 98 valence electrons. The zero-order valence-electron chi connectivity index (χ0n) is 11.4. The number of likely N-dealkylation sites (N-methyl/N-ethyl adjacent to an activating group) is 1. The molecule has 1 unspecified atom stereocenters. The largest absolute Gasteiger partial charge is 0.317 e. The lowest BCUT2D eigenvalue weighted by molar-refractivity contribution is 0.477. The quantitative estimate of drug-likeness (QED) is 0.837. The molecule has 1 heterocycles. The third-order valence-corrected chi connectivity index (χ3v) is 4.24. The van der Waals surface area contributed by atoms with E-state index in [1.165, 1.54) is 29.4 Å². The Morgan fingerprint density at radius 2 is 2.12 bits per heavy atom. The summed E-state index contributed by atoms with van der Waals surface area (Å²) in [6, 6.07) is 0.549. The molecule has 1 N–H and O–H groups in total. The van der Waals surface area contributed by atoms with Crippen LogP contribution in [0.4, 0.5) is 0 Å². The van der Waals surface area contributed by atoms with Gasteiger partial charge in [0.2, 0.25) is 0 Å². The summed E-state index contributed by atoms with van der Waals surface area (Å²) in [4.78, 5) is 0. The van der Waals surface area contributed by atoms with E-state index in [0.29, 0.717) is 6.04 Å². The van der Waals surface area contributed by atoms with Gasteiger partial charge in [-0.2, -0.15) is 5.10 Å². The van der Waals surface area contributed by atoms with Gasteiger partial charge < -0.3 is 5.32 Å². The summed E-state index contributed by atoms with van der Waals surface area (Å²) in [5.74, 6) is 0. The highest BCUT2D eigenvalue weighted by Gasteiger charge is 2.16. The monoisotopic (exact) mass is 301 g/mol. The van der Waals surface area contributed by atoms with Crippen molar-refractivity contribution in [1.82, 2.24) is 15.1 Å². The summed E-state index contributed by atoms with van der Waals surface area (Å²) < 4.78 is 3.28. The van der Waals surface area contributed by atoms with Gasteiger partial charge in [0.05, 0.1) is 15.9 Å². The summed E-state index contributed by atoms with van der Waals surface area (Å²) in [6.07, 6.45) is 4.81. The molecule has 0 aliphatic heterocycles. The smallest absolute Gasteiger partial charge is 0.0738 e. The SMILES string of the molecule is CCCCC(Cc1c(Br)c(C)nn1CC)NC. The van der Waals surface area contributed by atoms with Crippen LogP contribution in [0.5, 0.6) is 0 Å². The number of rotatable bonds is 7. The molecule has 0 saturated heterocycles.